The Hall–Kier alpha value is -15.1. The fourth-order valence-electron chi connectivity index (χ4n) is 14.4. The molecule has 0 spiro atoms. The molecule has 10 aromatic heterocycles. The van der Waals surface area contributed by atoms with Gasteiger partial charge >= 0.3 is 0 Å². The van der Waals surface area contributed by atoms with Crippen molar-refractivity contribution < 1.29 is 8.83 Å². The predicted molar refractivity (Wildman–Crippen MR) is 441 cm³/mol. The molecule has 0 amide bonds. The van der Waals surface area contributed by atoms with Crippen molar-refractivity contribution in [3.8, 4) is 158 Å². The van der Waals surface area contributed by atoms with Crippen LogP contribution in [0.1, 0.15) is 0 Å². The Morgan fingerprint density at radius 1 is 0.209 bits per heavy atom. The van der Waals surface area contributed by atoms with Gasteiger partial charge in [-0.05, 0) is 107 Å². The summed E-state index contributed by atoms with van der Waals surface area (Å²) in [5.74, 6) is 2.79. The van der Waals surface area contributed by atoms with E-state index in [-0.39, 0.29) is 0 Å². The zero-order valence-electron chi connectivity index (χ0n) is 59.1. The average molecular weight is 1410 g/mol. The minimum atomic E-state index is 0.667. The second-order valence-electron chi connectivity index (χ2n) is 26.6. The first-order valence-corrected chi connectivity index (χ1v) is 36.3. The Balaban J connectivity index is 0.000000149. The van der Waals surface area contributed by atoms with Crippen LogP contribution < -0.4 is 0 Å². The van der Waals surface area contributed by atoms with E-state index in [9.17, 15) is 0 Å². The molecule has 12 nitrogen and oxygen atoms in total. The molecular weight excluding hydrogens is 1350 g/mol. The Bertz CT molecular complexity index is 6580. The van der Waals surface area contributed by atoms with Crippen LogP contribution in [-0.4, -0.2) is 49.8 Å². The van der Waals surface area contributed by atoms with Crippen molar-refractivity contribution >= 4 is 43.7 Å². The second-order valence-corrected chi connectivity index (χ2v) is 26.6. The highest BCUT2D eigenvalue weighted by atomic mass is 16.3. The van der Waals surface area contributed by atoms with E-state index in [0.29, 0.717) is 17.4 Å². The minimum absolute atomic E-state index is 0.667. The van der Waals surface area contributed by atoms with Gasteiger partial charge in [0.15, 0.2) is 17.4 Å². The number of para-hydroxylation sites is 2. The predicted octanol–water partition coefficient (Wildman–Crippen LogP) is 24.5. The lowest BCUT2D eigenvalue weighted by molar-refractivity contribution is 0.632. The zero-order chi connectivity index (χ0) is 73.1. The van der Waals surface area contributed by atoms with Crippen molar-refractivity contribution in [3.63, 3.8) is 0 Å². The summed E-state index contributed by atoms with van der Waals surface area (Å²) >= 11 is 0. The third kappa shape index (κ3) is 12.9. The topological polar surface area (TPSA) is 155 Å². The molecule has 0 aliphatic carbocycles. The van der Waals surface area contributed by atoms with Gasteiger partial charge in [-0.25, -0.2) is 29.9 Å². The molecule has 0 bridgehead atoms. The SMILES string of the molecule is c1ccc(-c2cc(-c3ccc(-c4ccc(-c5nc6ccccc6c6oc(-c7ccccn7)c(-c7ccccn7)c56)cc4)cc3)nc(-c3ccccc3)n2)cc1.c1ccc(-c2cc(-c3cccc(-c4ccc(-c5nc6ccccc6c6oc(-c7cccnc7)c(-c7cccnc7)c56)cc4)c3)nc(-c3ccccc3)n2)cc1. The van der Waals surface area contributed by atoms with Gasteiger partial charge in [-0.15, -0.1) is 0 Å². The Kier molecular flexibility index (Phi) is 17.3. The number of rotatable bonds is 14. The van der Waals surface area contributed by atoms with Crippen LogP contribution in [0.3, 0.4) is 0 Å². The fourth-order valence-corrected chi connectivity index (χ4v) is 14.4. The number of hydrogen-bond donors (Lipinski definition) is 0. The normalized spacial score (nSPS) is 11.3. The molecule has 0 radical (unpaired) electrons. The molecule has 0 N–H and O–H groups in total. The largest absolute Gasteiger partial charge is 0.455 e. The van der Waals surface area contributed by atoms with Gasteiger partial charge < -0.3 is 8.83 Å². The molecule has 0 saturated carbocycles. The van der Waals surface area contributed by atoms with Crippen LogP contribution in [0.15, 0.2) is 386 Å². The zero-order valence-corrected chi connectivity index (χ0v) is 59.1. The third-order valence-corrected chi connectivity index (χ3v) is 19.7. The number of fused-ring (bicyclic) bond motifs is 6. The van der Waals surface area contributed by atoms with Gasteiger partial charge in [-0.1, -0.05) is 255 Å². The highest BCUT2D eigenvalue weighted by molar-refractivity contribution is 6.18. The van der Waals surface area contributed by atoms with Crippen LogP contribution in [0.25, 0.3) is 201 Å². The van der Waals surface area contributed by atoms with Gasteiger partial charge in [-0.2, -0.15) is 0 Å². The van der Waals surface area contributed by atoms with E-state index >= 15 is 0 Å². The average Bonchev–Trinajstić information content (AvgIpc) is 1.57. The van der Waals surface area contributed by atoms with Crippen molar-refractivity contribution in [1.82, 2.24) is 49.8 Å². The molecule has 0 unspecified atom stereocenters. The van der Waals surface area contributed by atoms with Gasteiger partial charge in [0.25, 0.3) is 0 Å². The first kappa shape index (κ1) is 65.6. The number of nitrogens with zero attached hydrogens (tertiary/aromatic N) is 10. The highest BCUT2D eigenvalue weighted by Gasteiger charge is 2.28. The minimum Gasteiger partial charge on any atom is -0.455 e. The van der Waals surface area contributed by atoms with Crippen molar-refractivity contribution in [3.05, 3.63) is 377 Å². The molecule has 0 aliphatic rings. The number of furan rings is 2. The maximum absolute atomic E-state index is 6.82. The first-order chi connectivity index (χ1) is 54.5. The van der Waals surface area contributed by atoms with E-state index in [4.69, 9.17) is 43.7 Å². The quantitative estimate of drug-likeness (QED) is 0.102. The third-order valence-electron chi connectivity index (χ3n) is 19.7. The van der Waals surface area contributed by atoms with Crippen LogP contribution in [0.5, 0.6) is 0 Å². The van der Waals surface area contributed by atoms with E-state index in [2.05, 4.69) is 167 Å². The van der Waals surface area contributed by atoms with Gasteiger partial charge in [0, 0.05) is 109 Å². The fraction of sp³-hybridized carbons (Fsp3) is 0. The smallest absolute Gasteiger partial charge is 0.163 e. The number of benzene rings is 10. The molecular formula is C98H62N10O2. The Morgan fingerprint density at radius 3 is 1.06 bits per heavy atom. The van der Waals surface area contributed by atoms with Crippen LogP contribution in [0.4, 0.5) is 0 Å². The summed E-state index contributed by atoms with van der Waals surface area (Å²) in [6.07, 6.45) is 10.9. The van der Waals surface area contributed by atoms with Crippen LogP contribution in [-0.2, 0) is 0 Å². The molecule has 20 aromatic rings. The first-order valence-electron chi connectivity index (χ1n) is 36.3. The summed E-state index contributed by atoms with van der Waals surface area (Å²) in [6, 6.07) is 115. The molecule has 10 heterocycles. The maximum Gasteiger partial charge on any atom is 0.163 e. The van der Waals surface area contributed by atoms with Crippen LogP contribution in [0.2, 0.25) is 0 Å². The number of aromatic nitrogens is 10. The van der Waals surface area contributed by atoms with Crippen LogP contribution in [0, 0.1) is 0 Å². The molecule has 516 valence electrons. The summed E-state index contributed by atoms with van der Waals surface area (Å²) in [4.78, 5) is 48.8. The summed E-state index contributed by atoms with van der Waals surface area (Å²) in [5, 5.41) is 3.73. The molecule has 0 saturated heterocycles. The summed E-state index contributed by atoms with van der Waals surface area (Å²) < 4.78 is 13.6. The summed E-state index contributed by atoms with van der Waals surface area (Å²) in [6.45, 7) is 0. The van der Waals surface area contributed by atoms with Gasteiger partial charge in [0.1, 0.15) is 22.6 Å². The monoisotopic (exact) mass is 1410 g/mol. The molecule has 10 aromatic carbocycles. The van der Waals surface area contributed by atoms with Gasteiger partial charge in [-0.3, -0.25) is 19.9 Å². The van der Waals surface area contributed by atoms with E-state index in [0.717, 1.165) is 184 Å². The lowest BCUT2D eigenvalue weighted by atomic mass is 9.95. The van der Waals surface area contributed by atoms with Gasteiger partial charge in [0.05, 0.1) is 67.2 Å². The van der Waals surface area contributed by atoms with Crippen LogP contribution >= 0.6 is 0 Å². The van der Waals surface area contributed by atoms with Gasteiger partial charge in [0.2, 0.25) is 0 Å². The molecule has 0 aliphatic heterocycles. The Morgan fingerprint density at radius 2 is 0.582 bits per heavy atom. The summed E-state index contributed by atoms with van der Waals surface area (Å²) in [7, 11) is 0. The van der Waals surface area contributed by atoms with E-state index in [1.165, 1.54) is 0 Å². The highest BCUT2D eigenvalue weighted by Crippen LogP contribution is 2.49. The van der Waals surface area contributed by atoms with E-state index in [1.54, 1.807) is 24.8 Å². The molecule has 0 fully saturated rings. The maximum atomic E-state index is 6.82. The summed E-state index contributed by atoms with van der Waals surface area (Å²) in [5.41, 5.74) is 26.0. The number of pyridine rings is 6. The molecule has 110 heavy (non-hydrogen) atoms. The molecule has 20 rings (SSSR count). The van der Waals surface area contributed by atoms with E-state index < -0.39 is 0 Å². The van der Waals surface area contributed by atoms with Crippen molar-refractivity contribution in [2.24, 2.45) is 0 Å². The Labute approximate surface area is 633 Å². The lowest BCUT2D eigenvalue weighted by Crippen LogP contribution is -1.96. The molecule has 0 atom stereocenters. The standard InChI is InChI=1S/2C49H31N5O/c1-3-12-33(13-4-1)42-29-43(54-49(53-42)35-14-5-2-6-15-35)37-17-9-16-36(28-37)32-22-24-34(25-23-32)46-45-44(38-18-10-26-50-30-38)47(39-19-11-27-51-31-39)55-48(45)40-20-7-8-21-41(40)52-46;1-3-13-34(14-4-1)42-31-43(54-49(53-42)37-15-5-2-6-16-37)35-25-21-32(22-26-35)33-23-27-36(28-24-33)46-45-44(40-19-9-11-29-50-40)48(41-20-10-12-30-51-41)55-47(45)38-17-7-8-18-39(38)52-46/h2*1-31H. The lowest BCUT2D eigenvalue weighted by Gasteiger charge is -2.11. The number of hydrogen-bond acceptors (Lipinski definition) is 12. The second kappa shape index (κ2) is 29.1. The van der Waals surface area contributed by atoms with Crippen molar-refractivity contribution in [1.29, 1.82) is 0 Å². The molecule has 12 heteroatoms. The van der Waals surface area contributed by atoms with E-state index in [1.807, 2.05) is 200 Å². The van der Waals surface area contributed by atoms with Crippen molar-refractivity contribution in [2.45, 2.75) is 0 Å². The van der Waals surface area contributed by atoms with Crippen molar-refractivity contribution in [2.75, 3.05) is 0 Å².